The van der Waals surface area contributed by atoms with E-state index < -0.39 is 0 Å². The Kier molecular flexibility index (Phi) is 7.73. The van der Waals surface area contributed by atoms with Crippen LogP contribution in [0.15, 0.2) is 18.2 Å². The molecule has 4 nitrogen and oxygen atoms in total. The number of methoxy groups -OCH3 is 1. The van der Waals surface area contributed by atoms with E-state index in [0.29, 0.717) is 19.6 Å². The van der Waals surface area contributed by atoms with Crippen molar-refractivity contribution in [2.24, 2.45) is 0 Å². The molecular weight excluding hydrogens is 254 g/mol. The number of aryl methyl sites for hydroxylation is 1. The minimum atomic E-state index is -0.144. The molecule has 1 N–H and O–H groups in total. The predicted molar refractivity (Wildman–Crippen MR) is 80.2 cm³/mol. The van der Waals surface area contributed by atoms with Gasteiger partial charge in [0.25, 0.3) is 0 Å². The van der Waals surface area contributed by atoms with Gasteiger partial charge in [-0.1, -0.05) is 19.1 Å². The minimum Gasteiger partial charge on any atom is -0.496 e. The summed E-state index contributed by atoms with van der Waals surface area (Å²) >= 11 is 0. The Balaban J connectivity index is 2.30. The van der Waals surface area contributed by atoms with Crippen molar-refractivity contribution < 1.29 is 14.3 Å². The molecule has 0 aliphatic heterocycles. The van der Waals surface area contributed by atoms with Crippen LogP contribution in [0.3, 0.4) is 0 Å². The van der Waals surface area contributed by atoms with Crippen LogP contribution in [0, 0.1) is 0 Å². The van der Waals surface area contributed by atoms with Crippen LogP contribution in [0.2, 0.25) is 0 Å². The quantitative estimate of drug-likeness (QED) is 0.557. The molecule has 112 valence electrons. The fourth-order valence-electron chi connectivity index (χ4n) is 2.02. The van der Waals surface area contributed by atoms with E-state index in [1.807, 2.05) is 6.92 Å². The minimum absolute atomic E-state index is 0.144. The van der Waals surface area contributed by atoms with Crippen LogP contribution in [0.25, 0.3) is 0 Å². The maximum Gasteiger partial charge on any atom is 0.307 e. The SMILES string of the molecule is CCOC(=O)CCNCCc1ccc(CC)c(OC)c1. The highest BCUT2D eigenvalue weighted by molar-refractivity contribution is 5.69. The Morgan fingerprint density at radius 1 is 1.25 bits per heavy atom. The smallest absolute Gasteiger partial charge is 0.307 e. The van der Waals surface area contributed by atoms with Gasteiger partial charge in [0.05, 0.1) is 20.1 Å². The number of hydrogen-bond donors (Lipinski definition) is 1. The van der Waals surface area contributed by atoms with Gasteiger partial charge < -0.3 is 14.8 Å². The Hall–Kier alpha value is -1.55. The van der Waals surface area contributed by atoms with Crippen LogP contribution in [0.5, 0.6) is 5.75 Å². The average molecular weight is 279 g/mol. The largest absolute Gasteiger partial charge is 0.496 e. The second-order valence-electron chi connectivity index (χ2n) is 4.55. The first-order chi connectivity index (χ1) is 9.71. The topological polar surface area (TPSA) is 47.6 Å². The molecule has 0 spiro atoms. The van der Waals surface area contributed by atoms with Crippen molar-refractivity contribution in [1.29, 1.82) is 0 Å². The van der Waals surface area contributed by atoms with Gasteiger partial charge in [-0.25, -0.2) is 0 Å². The number of nitrogens with one attached hydrogen (secondary N) is 1. The molecule has 1 aromatic rings. The maximum atomic E-state index is 11.2. The van der Waals surface area contributed by atoms with E-state index in [-0.39, 0.29) is 5.97 Å². The Labute approximate surface area is 121 Å². The zero-order valence-corrected chi connectivity index (χ0v) is 12.7. The van der Waals surface area contributed by atoms with Gasteiger partial charge in [0.2, 0.25) is 0 Å². The van der Waals surface area contributed by atoms with Crippen LogP contribution < -0.4 is 10.1 Å². The van der Waals surface area contributed by atoms with Gasteiger partial charge in [0.15, 0.2) is 0 Å². The van der Waals surface area contributed by atoms with Gasteiger partial charge in [0.1, 0.15) is 5.75 Å². The monoisotopic (exact) mass is 279 g/mol. The molecule has 4 heteroatoms. The van der Waals surface area contributed by atoms with E-state index in [9.17, 15) is 4.79 Å². The average Bonchev–Trinajstić information content (AvgIpc) is 2.47. The lowest BCUT2D eigenvalue weighted by Crippen LogP contribution is -2.21. The van der Waals surface area contributed by atoms with Crippen LogP contribution >= 0.6 is 0 Å². The molecule has 0 bridgehead atoms. The molecule has 0 radical (unpaired) electrons. The highest BCUT2D eigenvalue weighted by Gasteiger charge is 2.03. The third-order valence-corrected chi connectivity index (χ3v) is 3.13. The fraction of sp³-hybridized carbons (Fsp3) is 0.562. The lowest BCUT2D eigenvalue weighted by atomic mass is 10.1. The van der Waals surface area contributed by atoms with Gasteiger partial charge in [0, 0.05) is 6.54 Å². The second kappa shape index (κ2) is 9.37. The summed E-state index contributed by atoms with van der Waals surface area (Å²) in [5.74, 6) is 0.811. The fourth-order valence-corrected chi connectivity index (χ4v) is 2.02. The van der Waals surface area contributed by atoms with Crippen molar-refractivity contribution in [3.63, 3.8) is 0 Å². The van der Waals surface area contributed by atoms with Crippen molar-refractivity contribution >= 4 is 5.97 Å². The van der Waals surface area contributed by atoms with Crippen molar-refractivity contribution in [2.45, 2.75) is 33.1 Å². The number of carbonyl (C=O) groups is 1. The summed E-state index contributed by atoms with van der Waals surface area (Å²) in [5, 5.41) is 3.25. The first-order valence-corrected chi connectivity index (χ1v) is 7.23. The molecule has 0 heterocycles. The molecule has 20 heavy (non-hydrogen) atoms. The van der Waals surface area contributed by atoms with Crippen LogP contribution in [0.4, 0.5) is 0 Å². The van der Waals surface area contributed by atoms with Crippen molar-refractivity contribution in [1.82, 2.24) is 5.32 Å². The molecule has 0 atom stereocenters. The van der Waals surface area contributed by atoms with Gasteiger partial charge in [-0.05, 0) is 43.5 Å². The van der Waals surface area contributed by atoms with Crippen LogP contribution in [-0.2, 0) is 22.4 Å². The molecule has 0 aromatic heterocycles. The Morgan fingerprint density at radius 2 is 2.05 bits per heavy atom. The Bertz CT molecular complexity index is 418. The summed E-state index contributed by atoms with van der Waals surface area (Å²) in [4.78, 5) is 11.2. The number of ether oxygens (including phenoxy) is 2. The van der Waals surface area contributed by atoms with Crippen molar-refractivity contribution in [2.75, 3.05) is 26.8 Å². The summed E-state index contributed by atoms with van der Waals surface area (Å²) in [7, 11) is 1.70. The third kappa shape index (κ3) is 5.61. The van der Waals surface area contributed by atoms with Gasteiger partial charge in [-0.3, -0.25) is 4.79 Å². The number of benzene rings is 1. The molecule has 0 fully saturated rings. The van der Waals surface area contributed by atoms with E-state index in [0.717, 1.165) is 25.1 Å². The molecule has 0 amide bonds. The highest BCUT2D eigenvalue weighted by atomic mass is 16.5. The van der Waals surface area contributed by atoms with E-state index in [2.05, 4.69) is 30.4 Å². The third-order valence-electron chi connectivity index (χ3n) is 3.13. The molecule has 0 unspecified atom stereocenters. The zero-order valence-electron chi connectivity index (χ0n) is 12.7. The second-order valence-corrected chi connectivity index (χ2v) is 4.55. The van der Waals surface area contributed by atoms with E-state index >= 15 is 0 Å². The standard InChI is InChI=1S/C16H25NO3/c1-4-14-7-6-13(12-15(14)19-3)8-10-17-11-9-16(18)20-5-2/h6-7,12,17H,4-5,8-11H2,1-3H3. The first kappa shape index (κ1) is 16.5. The van der Waals surface area contributed by atoms with Crippen LogP contribution in [-0.4, -0.2) is 32.8 Å². The number of hydrogen-bond acceptors (Lipinski definition) is 4. The molecule has 0 saturated heterocycles. The molecule has 1 aromatic carbocycles. The van der Waals surface area contributed by atoms with Gasteiger partial charge in [-0.2, -0.15) is 0 Å². The molecule has 0 aliphatic rings. The number of carbonyl (C=O) groups excluding carboxylic acids is 1. The summed E-state index contributed by atoms with van der Waals surface area (Å²) in [6, 6.07) is 6.34. The number of rotatable bonds is 9. The molecule has 0 saturated carbocycles. The first-order valence-electron chi connectivity index (χ1n) is 7.23. The molecule has 0 aliphatic carbocycles. The summed E-state index contributed by atoms with van der Waals surface area (Å²) < 4.78 is 10.2. The molecule has 1 rings (SSSR count). The normalized spacial score (nSPS) is 10.3. The maximum absolute atomic E-state index is 11.2. The zero-order chi connectivity index (χ0) is 14.8. The van der Waals surface area contributed by atoms with E-state index in [4.69, 9.17) is 9.47 Å². The highest BCUT2D eigenvalue weighted by Crippen LogP contribution is 2.20. The lowest BCUT2D eigenvalue weighted by Gasteiger charge is -2.10. The van der Waals surface area contributed by atoms with Crippen LogP contribution in [0.1, 0.15) is 31.4 Å². The van der Waals surface area contributed by atoms with Gasteiger partial charge >= 0.3 is 5.97 Å². The van der Waals surface area contributed by atoms with Crippen molar-refractivity contribution in [3.05, 3.63) is 29.3 Å². The van der Waals surface area contributed by atoms with Gasteiger partial charge in [-0.15, -0.1) is 0 Å². The summed E-state index contributed by atoms with van der Waals surface area (Å²) in [6.45, 7) is 5.88. The van der Waals surface area contributed by atoms with E-state index in [1.165, 1.54) is 11.1 Å². The molecular formula is C16H25NO3. The van der Waals surface area contributed by atoms with E-state index in [1.54, 1.807) is 7.11 Å². The number of esters is 1. The summed E-state index contributed by atoms with van der Waals surface area (Å²) in [5.41, 5.74) is 2.47. The summed E-state index contributed by atoms with van der Waals surface area (Å²) in [6.07, 6.45) is 2.32. The lowest BCUT2D eigenvalue weighted by molar-refractivity contribution is -0.142. The Morgan fingerprint density at radius 3 is 2.70 bits per heavy atom. The predicted octanol–water partition coefficient (Wildman–Crippen LogP) is 2.34. The van der Waals surface area contributed by atoms with Crippen molar-refractivity contribution in [3.8, 4) is 5.75 Å².